The Morgan fingerprint density at radius 2 is 1.95 bits per heavy atom. The maximum Gasteiger partial charge on any atom is 0.305 e. The van der Waals surface area contributed by atoms with Crippen LogP contribution in [-0.2, 0) is 17.9 Å². The zero-order valence-electron chi connectivity index (χ0n) is 12.3. The van der Waals surface area contributed by atoms with Gasteiger partial charge in [-0.05, 0) is 32.9 Å². The number of hydrogen-bond acceptors (Lipinski definition) is 4. The van der Waals surface area contributed by atoms with Crippen molar-refractivity contribution in [2.24, 2.45) is 0 Å². The first-order valence-corrected chi connectivity index (χ1v) is 7.35. The van der Waals surface area contributed by atoms with Crippen molar-refractivity contribution in [3.8, 4) is 5.75 Å². The van der Waals surface area contributed by atoms with Gasteiger partial charge in [-0.3, -0.25) is 14.5 Å². The Labute approximate surface area is 123 Å². The van der Waals surface area contributed by atoms with E-state index in [-0.39, 0.29) is 18.7 Å². The van der Waals surface area contributed by atoms with Crippen LogP contribution in [0.1, 0.15) is 37.1 Å². The van der Waals surface area contributed by atoms with E-state index in [1.54, 1.807) is 11.5 Å². The summed E-state index contributed by atoms with van der Waals surface area (Å²) in [6.07, 6.45) is 3.41. The van der Waals surface area contributed by atoms with E-state index in [0.29, 0.717) is 17.9 Å². The standard InChI is InChI=1S/C15H22N2O4/c1-11-9-13(18)15(21)12(17(11)8-5-14(19)20)10-16-6-3-2-4-7-16/h9,21H,2-8,10H2,1H3,(H,19,20). The number of aromatic hydroxyl groups is 1. The summed E-state index contributed by atoms with van der Waals surface area (Å²) in [7, 11) is 0. The Hall–Kier alpha value is -1.82. The van der Waals surface area contributed by atoms with Gasteiger partial charge in [0.2, 0.25) is 5.43 Å². The van der Waals surface area contributed by atoms with Gasteiger partial charge in [0.05, 0.1) is 12.1 Å². The van der Waals surface area contributed by atoms with Crippen LogP contribution in [0.2, 0.25) is 0 Å². The first-order chi connectivity index (χ1) is 9.99. The molecule has 1 aromatic heterocycles. The third-order valence-electron chi connectivity index (χ3n) is 3.97. The van der Waals surface area contributed by atoms with E-state index < -0.39 is 11.4 Å². The van der Waals surface area contributed by atoms with E-state index in [0.717, 1.165) is 25.9 Å². The van der Waals surface area contributed by atoms with Crippen LogP contribution in [0.4, 0.5) is 0 Å². The van der Waals surface area contributed by atoms with Crippen molar-refractivity contribution in [3.05, 3.63) is 27.7 Å². The third kappa shape index (κ3) is 3.85. The van der Waals surface area contributed by atoms with E-state index in [1.807, 2.05) is 0 Å². The highest BCUT2D eigenvalue weighted by molar-refractivity contribution is 5.66. The van der Waals surface area contributed by atoms with Crippen LogP contribution in [-0.4, -0.2) is 38.7 Å². The smallest absolute Gasteiger partial charge is 0.305 e. The van der Waals surface area contributed by atoms with Crippen molar-refractivity contribution in [2.45, 2.75) is 45.7 Å². The summed E-state index contributed by atoms with van der Waals surface area (Å²) in [4.78, 5) is 24.8. The number of carboxylic acids is 1. The van der Waals surface area contributed by atoms with Gasteiger partial charge in [-0.2, -0.15) is 0 Å². The number of likely N-dealkylation sites (tertiary alicyclic amines) is 1. The Morgan fingerprint density at radius 3 is 2.57 bits per heavy atom. The number of aryl methyl sites for hydroxylation is 1. The van der Waals surface area contributed by atoms with Crippen LogP contribution in [0.5, 0.6) is 5.75 Å². The van der Waals surface area contributed by atoms with Gasteiger partial charge in [0, 0.05) is 24.8 Å². The maximum absolute atomic E-state index is 11.8. The van der Waals surface area contributed by atoms with E-state index in [2.05, 4.69) is 4.90 Å². The molecule has 1 saturated heterocycles. The Bertz CT molecular complexity index is 574. The molecular weight excluding hydrogens is 272 g/mol. The molecule has 6 heteroatoms. The van der Waals surface area contributed by atoms with Crippen LogP contribution in [0.3, 0.4) is 0 Å². The molecule has 1 aliphatic rings. The van der Waals surface area contributed by atoms with Gasteiger partial charge < -0.3 is 14.8 Å². The van der Waals surface area contributed by atoms with Crippen molar-refractivity contribution in [1.29, 1.82) is 0 Å². The second-order valence-corrected chi connectivity index (χ2v) is 5.58. The van der Waals surface area contributed by atoms with Gasteiger partial charge in [-0.15, -0.1) is 0 Å². The summed E-state index contributed by atoms with van der Waals surface area (Å²) < 4.78 is 1.75. The SMILES string of the molecule is Cc1cc(=O)c(O)c(CN2CCCCC2)n1CCC(=O)O. The quantitative estimate of drug-likeness (QED) is 0.856. The molecule has 116 valence electrons. The summed E-state index contributed by atoms with van der Waals surface area (Å²) in [6.45, 7) is 4.41. The number of pyridine rings is 1. The maximum atomic E-state index is 11.8. The molecule has 0 atom stereocenters. The number of hydrogen-bond donors (Lipinski definition) is 2. The fraction of sp³-hybridized carbons (Fsp3) is 0.600. The average molecular weight is 294 g/mol. The van der Waals surface area contributed by atoms with E-state index in [9.17, 15) is 14.7 Å². The lowest BCUT2D eigenvalue weighted by atomic mass is 10.1. The molecule has 0 aliphatic carbocycles. The Balaban J connectivity index is 2.30. The molecule has 0 saturated carbocycles. The summed E-state index contributed by atoms with van der Waals surface area (Å²) in [5, 5.41) is 18.9. The lowest BCUT2D eigenvalue weighted by Crippen LogP contribution is -2.31. The minimum Gasteiger partial charge on any atom is -0.503 e. The first-order valence-electron chi connectivity index (χ1n) is 7.35. The predicted molar refractivity (Wildman–Crippen MR) is 78.5 cm³/mol. The van der Waals surface area contributed by atoms with Gasteiger partial charge in [-0.1, -0.05) is 6.42 Å². The summed E-state index contributed by atoms with van der Waals surface area (Å²) >= 11 is 0. The highest BCUT2D eigenvalue weighted by atomic mass is 16.4. The number of carbonyl (C=O) groups is 1. The van der Waals surface area contributed by atoms with Crippen LogP contribution in [0.25, 0.3) is 0 Å². The molecular formula is C15H22N2O4. The molecule has 2 heterocycles. The fourth-order valence-corrected chi connectivity index (χ4v) is 2.83. The third-order valence-corrected chi connectivity index (χ3v) is 3.97. The lowest BCUT2D eigenvalue weighted by molar-refractivity contribution is -0.137. The zero-order valence-corrected chi connectivity index (χ0v) is 12.3. The molecule has 0 aromatic carbocycles. The van der Waals surface area contributed by atoms with Crippen molar-refractivity contribution in [2.75, 3.05) is 13.1 Å². The topological polar surface area (TPSA) is 82.8 Å². The molecule has 1 fully saturated rings. The van der Waals surface area contributed by atoms with Crippen LogP contribution in [0, 0.1) is 6.92 Å². The Morgan fingerprint density at radius 1 is 1.29 bits per heavy atom. The van der Waals surface area contributed by atoms with Crippen LogP contribution in [0.15, 0.2) is 10.9 Å². The Kier molecular flexibility index (Phi) is 5.01. The van der Waals surface area contributed by atoms with Gasteiger partial charge in [0.15, 0.2) is 5.75 Å². The molecule has 0 unspecified atom stereocenters. The number of nitrogens with zero attached hydrogens (tertiary/aromatic N) is 2. The van der Waals surface area contributed by atoms with E-state index in [4.69, 9.17) is 5.11 Å². The normalized spacial score (nSPS) is 16.0. The molecule has 0 amide bonds. The number of piperidine rings is 1. The summed E-state index contributed by atoms with van der Waals surface area (Å²) in [5.74, 6) is -1.15. The van der Waals surface area contributed by atoms with Crippen molar-refractivity contribution < 1.29 is 15.0 Å². The second-order valence-electron chi connectivity index (χ2n) is 5.58. The fourth-order valence-electron chi connectivity index (χ4n) is 2.83. The highest BCUT2D eigenvalue weighted by Crippen LogP contribution is 2.20. The molecule has 21 heavy (non-hydrogen) atoms. The second kappa shape index (κ2) is 6.76. The van der Waals surface area contributed by atoms with Gasteiger partial charge >= 0.3 is 5.97 Å². The monoisotopic (exact) mass is 294 g/mol. The first kappa shape index (κ1) is 15.6. The average Bonchev–Trinajstić information content (AvgIpc) is 2.45. The minimum atomic E-state index is -0.892. The summed E-state index contributed by atoms with van der Waals surface area (Å²) in [6, 6.07) is 1.36. The number of aliphatic carboxylic acids is 1. The largest absolute Gasteiger partial charge is 0.503 e. The predicted octanol–water partition coefficient (Wildman–Crippen LogP) is 1.32. The molecule has 1 aromatic rings. The highest BCUT2D eigenvalue weighted by Gasteiger charge is 2.18. The van der Waals surface area contributed by atoms with E-state index >= 15 is 0 Å². The van der Waals surface area contributed by atoms with Crippen molar-refractivity contribution in [1.82, 2.24) is 9.47 Å². The van der Waals surface area contributed by atoms with E-state index in [1.165, 1.54) is 12.5 Å². The summed E-state index contributed by atoms with van der Waals surface area (Å²) in [5.41, 5.74) is 0.820. The lowest BCUT2D eigenvalue weighted by Gasteiger charge is -2.28. The molecule has 0 spiro atoms. The van der Waals surface area contributed by atoms with Gasteiger partial charge in [-0.25, -0.2) is 0 Å². The molecule has 2 N–H and O–H groups in total. The van der Waals surface area contributed by atoms with Gasteiger partial charge in [0.25, 0.3) is 0 Å². The zero-order chi connectivity index (χ0) is 15.4. The van der Waals surface area contributed by atoms with Crippen LogP contribution < -0.4 is 5.43 Å². The van der Waals surface area contributed by atoms with Crippen LogP contribution >= 0.6 is 0 Å². The molecule has 0 radical (unpaired) electrons. The molecule has 1 aliphatic heterocycles. The number of rotatable bonds is 5. The van der Waals surface area contributed by atoms with Gasteiger partial charge in [0.1, 0.15) is 0 Å². The van der Waals surface area contributed by atoms with Crippen molar-refractivity contribution >= 4 is 5.97 Å². The number of carboxylic acid groups (broad SMARTS) is 1. The molecule has 2 rings (SSSR count). The number of aromatic nitrogens is 1. The minimum absolute atomic E-state index is 0.0316. The molecule has 6 nitrogen and oxygen atoms in total. The molecule has 0 bridgehead atoms. The van der Waals surface area contributed by atoms with Crippen molar-refractivity contribution in [3.63, 3.8) is 0 Å².